The highest BCUT2D eigenvalue weighted by Crippen LogP contribution is 2.38. The van der Waals surface area contributed by atoms with E-state index in [-0.39, 0.29) is 0 Å². The van der Waals surface area contributed by atoms with Gasteiger partial charge in [-0.1, -0.05) is 17.3 Å². The molecule has 1 aliphatic rings. The summed E-state index contributed by atoms with van der Waals surface area (Å²) in [4.78, 5) is 0. The maximum atomic E-state index is 5.68. The molecule has 0 saturated heterocycles. The number of methoxy groups -OCH3 is 1. The van der Waals surface area contributed by atoms with Crippen LogP contribution in [0.5, 0.6) is 11.5 Å². The van der Waals surface area contributed by atoms with Gasteiger partial charge in [0.05, 0.1) is 19.9 Å². The van der Waals surface area contributed by atoms with Gasteiger partial charge in [-0.05, 0) is 54.3 Å². The molecule has 0 saturated carbocycles. The van der Waals surface area contributed by atoms with Gasteiger partial charge in [-0.2, -0.15) is 0 Å². The predicted octanol–water partition coefficient (Wildman–Crippen LogP) is 4.57. The molecule has 0 bridgehead atoms. The summed E-state index contributed by atoms with van der Waals surface area (Å²) in [5.41, 5.74) is 6.51. The van der Waals surface area contributed by atoms with Gasteiger partial charge in [-0.25, -0.2) is 0 Å². The molecular weight excluding hydrogens is 302 g/mol. The van der Waals surface area contributed by atoms with E-state index >= 15 is 0 Å². The van der Waals surface area contributed by atoms with Crippen molar-refractivity contribution in [3.05, 3.63) is 53.2 Å². The second-order valence-corrected chi connectivity index (χ2v) is 6.11. The minimum atomic E-state index is 0.745. The van der Waals surface area contributed by atoms with Crippen molar-refractivity contribution in [2.24, 2.45) is 0 Å². The highest BCUT2D eigenvalue weighted by molar-refractivity contribution is 5.81. The standard InChI is InChI=1S/C20H19NO3/c1-12-8-16(10-18(22-3)13(12)2)20-17(11-21-24-20)15-5-4-14-6-7-23-19(14)9-15/h4-5,8-11H,6-7H2,1-3H3. The lowest BCUT2D eigenvalue weighted by Crippen LogP contribution is -1.92. The zero-order valence-electron chi connectivity index (χ0n) is 14.1. The molecule has 4 rings (SSSR count). The van der Waals surface area contributed by atoms with Gasteiger partial charge in [-0.15, -0.1) is 0 Å². The highest BCUT2D eigenvalue weighted by atomic mass is 16.5. The van der Waals surface area contributed by atoms with Crippen molar-refractivity contribution < 1.29 is 14.0 Å². The maximum Gasteiger partial charge on any atom is 0.174 e. The average Bonchev–Trinajstić information content (AvgIpc) is 3.25. The number of hydrogen-bond acceptors (Lipinski definition) is 4. The summed E-state index contributed by atoms with van der Waals surface area (Å²) < 4.78 is 16.7. The van der Waals surface area contributed by atoms with Gasteiger partial charge < -0.3 is 14.0 Å². The summed E-state index contributed by atoms with van der Waals surface area (Å²) >= 11 is 0. The Morgan fingerprint density at radius 2 is 1.96 bits per heavy atom. The van der Waals surface area contributed by atoms with E-state index in [2.05, 4.69) is 43.3 Å². The molecular formula is C20H19NO3. The maximum absolute atomic E-state index is 5.68. The molecule has 0 N–H and O–H groups in total. The zero-order valence-corrected chi connectivity index (χ0v) is 14.1. The minimum absolute atomic E-state index is 0.745. The molecule has 0 fully saturated rings. The van der Waals surface area contributed by atoms with E-state index in [0.29, 0.717) is 0 Å². The first-order valence-corrected chi connectivity index (χ1v) is 8.04. The van der Waals surface area contributed by atoms with Crippen molar-refractivity contribution in [1.82, 2.24) is 5.16 Å². The molecule has 1 aliphatic heterocycles. The van der Waals surface area contributed by atoms with Crippen LogP contribution in [0.3, 0.4) is 0 Å². The normalized spacial score (nSPS) is 12.8. The number of ether oxygens (including phenoxy) is 2. The van der Waals surface area contributed by atoms with E-state index in [1.54, 1.807) is 13.3 Å². The summed E-state index contributed by atoms with van der Waals surface area (Å²) in [6, 6.07) is 10.4. The van der Waals surface area contributed by atoms with Crippen LogP contribution < -0.4 is 9.47 Å². The molecule has 24 heavy (non-hydrogen) atoms. The Morgan fingerprint density at radius 3 is 2.79 bits per heavy atom. The Balaban J connectivity index is 1.82. The van der Waals surface area contributed by atoms with Crippen molar-refractivity contribution in [2.75, 3.05) is 13.7 Å². The van der Waals surface area contributed by atoms with Gasteiger partial charge in [0.25, 0.3) is 0 Å². The van der Waals surface area contributed by atoms with Gasteiger partial charge >= 0.3 is 0 Å². The van der Waals surface area contributed by atoms with Crippen molar-refractivity contribution in [3.8, 4) is 33.9 Å². The molecule has 0 aliphatic carbocycles. The first-order valence-electron chi connectivity index (χ1n) is 8.04. The van der Waals surface area contributed by atoms with Crippen molar-refractivity contribution in [2.45, 2.75) is 20.3 Å². The SMILES string of the molecule is COc1cc(-c2oncc2-c2ccc3c(c2)OCC3)cc(C)c1C. The topological polar surface area (TPSA) is 44.5 Å². The quantitative estimate of drug-likeness (QED) is 0.709. The van der Waals surface area contributed by atoms with E-state index in [0.717, 1.165) is 58.1 Å². The lowest BCUT2D eigenvalue weighted by Gasteiger charge is -2.11. The van der Waals surface area contributed by atoms with Crippen LogP contribution in [0.2, 0.25) is 0 Å². The molecule has 4 heteroatoms. The van der Waals surface area contributed by atoms with E-state index in [4.69, 9.17) is 14.0 Å². The van der Waals surface area contributed by atoms with Crippen molar-refractivity contribution in [1.29, 1.82) is 0 Å². The molecule has 0 unspecified atom stereocenters. The van der Waals surface area contributed by atoms with Crippen LogP contribution in [0.1, 0.15) is 16.7 Å². The third kappa shape index (κ3) is 2.35. The lowest BCUT2D eigenvalue weighted by molar-refractivity contribution is 0.357. The fourth-order valence-corrected chi connectivity index (χ4v) is 3.16. The Bertz CT molecular complexity index is 911. The van der Waals surface area contributed by atoms with E-state index in [1.165, 1.54) is 5.56 Å². The summed E-state index contributed by atoms with van der Waals surface area (Å²) in [7, 11) is 1.69. The summed E-state index contributed by atoms with van der Waals surface area (Å²) in [6.07, 6.45) is 2.73. The predicted molar refractivity (Wildman–Crippen MR) is 92.6 cm³/mol. The number of aryl methyl sites for hydroxylation is 1. The monoisotopic (exact) mass is 321 g/mol. The Hall–Kier alpha value is -2.75. The molecule has 0 atom stereocenters. The molecule has 3 aromatic rings. The third-order valence-electron chi connectivity index (χ3n) is 4.68. The van der Waals surface area contributed by atoms with Gasteiger partial charge in [0, 0.05) is 17.5 Å². The summed E-state index contributed by atoms with van der Waals surface area (Å²) in [5, 5.41) is 4.02. The lowest BCUT2D eigenvalue weighted by atomic mass is 9.98. The number of benzene rings is 2. The third-order valence-corrected chi connectivity index (χ3v) is 4.68. The van der Waals surface area contributed by atoms with Crippen LogP contribution in [0.4, 0.5) is 0 Å². The van der Waals surface area contributed by atoms with Crippen LogP contribution in [-0.2, 0) is 6.42 Å². The fraction of sp³-hybridized carbons (Fsp3) is 0.250. The second-order valence-electron chi connectivity index (χ2n) is 6.11. The van der Waals surface area contributed by atoms with Gasteiger partial charge in [0.15, 0.2) is 5.76 Å². The molecule has 4 nitrogen and oxygen atoms in total. The van der Waals surface area contributed by atoms with Crippen LogP contribution in [-0.4, -0.2) is 18.9 Å². The molecule has 0 amide bonds. The van der Waals surface area contributed by atoms with Crippen LogP contribution in [0, 0.1) is 13.8 Å². The molecule has 122 valence electrons. The number of aromatic nitrogens is 1. The molecule has 0 radical (unpaired) electrons. The first kappa shape index (κ1) is 14.8. The average molecular weight is 321 g/mol. The first-order chi connectivity index (χ1) is 11.7. The van der Waals surface area contributed by atoms with E-state index < -0.39 is 0 Å². The number of rotatable bonds is 3. The summed E-state index contributed by atoms with van der Waals surface area (Å²) in [6.45, 7) is 4.88. The number of nitrogens with zero attached hydrogens (tertiary/aromatic N) is 1. The molecule has 2 aromatic carbocycles. The number of hydrogen-bond donors (Lipinski definition) is 0. The van der Waals surface area contributed by atoms with Crippen molar-refractivity contribution in [3.63, 3.8) is 0 Å². The smallest absolute Gasteiger partial charge is 0.174 e. The second kappa shape index (κ2) is 5.71. The van der Waals surface area contributed by atoms with Crippen LogP contribution in [0.15, 0.2) is 41.1 Å². The zero-order chi connectivity index (χ0) is 16.7. The number of fused-ring (bicyclic) bond motifs is 1. The fourth-order valence-electron chi connectivity index (χ4n) is 3.16. The largest absolute Gasteiger partial charge is 0.496 e. The van der Waals surface area contributed by atoms with Crippen LogP contribution >= 0.6 is 0 Å². The van der Waals surface area contributed by atoms with Crippen LogP contribution in [0.25, 0.3) is 22.5 Å². The molecule has 1 aromatic heterocycles. The minimum Gasteiger partial charge on any atom is -0.496 e. The van der Waals surface area contributed by atoms with Gasteiger partial charge in [-0.3, -0.25) is 0 Å². The summed E-state index contributed by atoms with van der Waals surface area (Å²) in [5.74, 6) is 2.55. The van der Waals surface area contributed by atoms with Gasteiger partial charge in [0.2, 0.25) is 0 Å². The van der Waals surface area contributed by atoms with E-state index in [9.17, 15) is 0 Å². The van der Waals surface area contributed by atoms with E-state index in [1.807, 2.05) is 6.07 Å². The van der Waals surface area contributed by atoms with Crippen molar-refractivity contribution >= 4 is 0 Å². The Morgan fingerprint density at radius 1 is 1.08 bits per heavy atom. The Labute approximate surface area is 141 Å². The molecule has 2 heterocycles. The Kier molecular flexibility index (Phi) is 3.53. The highest BCUT2D eigenvalue weighted by Gasteiger charge is 2.18. The van der Waals surface area contributed by atoms with Gasteiger partial charge in [0.1, 0.15) is 11.5 Å². The molecule has 0 spiro atoms.